The van der Waals surface area contributed by atoms with E-state index in [4.69, 9.17) is 14.2 Å². The van der Waals surface area contributed by atoms with Crippen LogP contribution >= 0.6 is 0 Å². The predicted molar refractivity (Wildman–Crippen MR) is 279 cm³/mol. The Morgan fingerprint density at radius 3 is 0.969 bits per heavy atom. The van der Waals surface area contributed by atoms with Crippen LogP contribution in [0.25, 0.3) is 0 Å². The highest BCUT2D eigenvalue weighted by Crippen LogP contribution is 2.16. The number of unbranched alkanes of at least 4 members (excludes halogenated alkanes) is 29. The summed E-state index contributed by atoms with van der Waals surface area (Å²) in [6, 6.07) is 0. The lowest BCUT2D eigenvalue weighted by Gasteiger charge is -2.18. The molecule has 376 valence electrons. The molecule has 65 heavy (non-hydrogen) atoms. The van der Waals surface area contributed by atoms with Gasteiger partial charge in [0.1, 0.15) is 13.2 Å². The minimum atomic E-state index is -0.804. The lowest BCUT2D eigenvalue weighted by molar-refractivity contribution is -0.167. The first-order chi connectivity index (χ1) is 32.0. The number of allylic oxidation sites excluding steroid dienone is 10. The first-order valence-corrected chi connectivity index (χ1v) is 27.8. The molecule has 0 bridgehead atoms. The van der Waals surface area contributed by atoms with Crippen LogP contribution in [0.15, 0.2) is 60.8 Å². The fourth-order valence-corrected chi connectivity index (χ4v) is 7.78. The SMILES string of the molecule is CCCCC/C=C\C/C=C\C/C=C\C/C=C\CCCC(=O)O[C@H](COC(=O)CCCCCCC/C=C\CCCCCC)COC(=O)CCCCCCCCCCCCCCCCCCC. The van der Waals surface area contributed by atoms with E-state index in [1.807, 2.05) is 0 Å². The van der Waals surface area contributed by atoms with Crippen LogP contribution in [-0.2, 0) is 28.6 Å². The number of hydrogen-bond acceptors (Lipinski definition) is 6. The average Bonchev–Trinajstić information content (AvgIpc) is 3.30. The standard InChI is InChI=1S/C59H104O6/c1-4-7-10-13-16-19-22-25-27-29-31-34-37-40-43-46-49-52-58(61)64-55-56(54-63-57(60)51-48-45-42-39-36-33-24-21-18-15-12-9-6-3)65-59(62)53-50-47-44-41-38-35-32-30-28-26-23-20-17-14-11-8-5-2/h17,20-21,24,26,28,32,35,41,44,56H,4-16,18-19,22-23,25,27,29-31,33-34,36-40,42-43,45-55H2,1-3H3/b20-17-,24-21-,28-26-,35-32-,44-41-/t56-/m1/s1. The number of ether oxygens (including phenoxy) is 3. The molecule has 0 saturated carbocycles. The van der Waals surface area contributed by atoms with Crippen LogP contribution in [0.3, 0.4) is 0 Å². The summed E-state index contributed by atoms with van der Waals surface area (Å²) in [7, 11) is 0. The fraction of sp³-hybridized carbons (Fsp3) is 0.780. The molecule has 6 nitrogen and oxygen atoms in total. The summed E-state index contributed by atoms with van der Waals surface area (Å²) in [5.74, 6) is -0.953. The van der Waals surface area contributed by atoms with E-state index in [1.54, 1.807) is 0 Å². The van der Waals surface area contributed by atoms with Crippen molar-refractivity contribution in [1.82, 2.24) is 0 Å². The van der Waals surface area contributed by atoms with Gasteiger partial charge in [-0.15, -0.1) is 0 Å². The number of carbonyl (C=O) groups is 3. The van der Waals surface area contributed by atoms with Crippen molar-refractivity contribution in [3.05, 3.63) is 60.8 Å². The topological polar surface area (TPSA) is 78.9 Å². The molecule has 0 heterocycles. The number of hydrogen-bond donors (Lipinski definition) is 0. The second kappa shape index (κ2) is 53.7. The van der Waals surface area contributed by atoms with Gasteiger partial charge in [0, 0.05) is 19.3 Å². The van der Waals surface area contributed by atoms with Gasteiger partial charge in [0.05, 0.1) is 0 Å². The van der Waals surface area contributed by atoms with Gasteiger partial charge in [-0.3, -0.25) is 14.4 Å². The third kappa shape index (κ3) is 51.9. The summed E-state index contributed by atoms with van der Waals surface area (Å²) in [6.45, 7) is 6.57. The molecule has 6 heteroatoms. The van der Waals surface area contributed by atoms with Gasteiger partial charge in [0.15, 0.2) is 6.10 Å². The van der Waals surface area contributed by atoms with Gasteiger partial charge in [-0.2, -0.15) is 0 Å². The molecule has 0 saturated heterocycles. The average molecular weight is 909 g/mol. The van der Waals surface area contributed by atoms with Gasteiger partial charge in [-0.05, 0) is 83.5 Å². The van der Waals surface area contributed by atoms with Crippen LogP contribution < -0.4 is 0 Å². The largest absolute Gasteiger partial charge is 0.462 e. The van der Waals surface area contributed by atoms with Crippen LogP contribution in [0.2, 0.25) is 0 Å². The van der Waals surface area contributed by atoms with Crippen molar-refractivity contribution in [1.29, 1.82) is 0 Å². The molecule has 0 amide bonds. The van der Waals surface area contributed by atoms with E-state index >= 15 is 0 Å². The van der Waals surface area contributed by atoms with E-state index in [-0.39, 0.29) is 37.5 Å². The Balaban J connectivity index is 4.44. The Morgan fingerprint density at radius 1 is 0.308 bits per heavy atom. The van der Waals surface area contributed by atoms with E-state index in [9.17, 15) is 14.4 Å². The number of carbonyl (C=O) groups excluding carboxylic acids is 3. The molecule has 0 rings (SSSR count). The lowest BCUT2D eigenvalue weighted by Crippen LogP contribution is -2.30. The van der Waals surface area contributed by atoms with Crippen molar-refractivity contribution in [3.63, 3.8) is 0 Å². The maximum atomic E-state index is 12.8. The van der Waals surface area contributed by atoms with Crippen molar-refractivity contribution in [3.8, 4) is 0 Å². The zero-order chi connectivity index (χ0) is 47.2. The summed E-state index contributed by atoms with van der Waals surface area (Å²) in [5, 5.41) is 0. The molecular weight excluding hydrogens is 805 g/mol. The van der Waals surface area contributed by atoms with Gasteiger partial charge in [0.2, 0.25) is 0 Å². The Bertz CT molecular complexity index is 1180. The van der Waals surface area contributed by atoms with Gasteiger partial charge < -0.3 is 14.2 Å². The van der Waals surface area contributed by atoms with Crippen molar-refractivity contribution < 1.29 is 28.6 Å². The summed E-state index contributed by atoms with van der Waals surface area (Å²) >= 11 is 0. The van der Waals surface area contributed by atoms with Gasteiger partial charge in [-0.1, -0.05) is 236 Å². The molecule has 0 aliphatic rings. The van der Waals surface area contributed by atoms with E-state index in [1.165, 1.54) is 161 Å². The molecule has 0 spiro atoms. The maximum Gasteiger partial charge on any atom is 0.306 e. The third-order valence-corrected chi connectivity index (χ3v) is 12.0. The zero-order valence-electron chi connectivity index (χ0n) is 43.0. The van der Waals surface area contributed by atoms with E-state index in [0.717, 1.165) is 70.6 Å². The molecular formula is C59H104O6. The molecule has 0 aliphatic heterocycles. The second-order valence-corrected chi connectivity index (χ2v) is 18.5. The normalized spacial score (nSPS) is 12.5. The minimum absolute atomic E-state index is 0.0961. The second-order valence-electron chi connectivity index (χ2n) is 18.5. The molecule has 0 aliphatic carbocycles. The molecule has 1 atom stereocenters. The van der Waals surface area contributed by atoms with Crippen LogP contribution in [0.4, 0.5) is 0 Å². The number of esters is 3. The van der Waals surface area contributed by atoms with E-state index < -0.39 is 6.10 Å². The van der Waals surface area contributed by atoms with Crippen molar-refractivity contribution in [2.24, 2.45) is 0 Å². The Hall–Kier alpha value is -2.89. The van der Waals surface area contributed by atoms with Gasteiger partial charge in [-0.25, -0.2) is 0 Å². The maximum absolute atomic E-state index is 12.8. The van der Waals surface area contributed by atoms with Crippen molar-refractivity contribution in [2.75, 3.05) is 13.2 Å². The summed E-state index contributed by atoms with van der Waals surface area (Å²) in [4.78, 5) is 38.0. The molecule has 0 aromatic heterocycles. The highest BCUT2D eigenvalue weighted by atomic mass is 16.6. The molecule has 0 aromatic rings. The zero-order valence-corrected chi connectivity index (χ0v) is 43.0. The smallest absolute Gasteiger partial charge is 0.306 e. The van der Waals surface area contributed by atoms with Gasteiger partial charge >= 0.3 is 17.9 Å². The summed E-state index contributed by atoms with van der Waals surface area (Å²) in [6.07, 6.45) is 66.4. The highest BCUT2D eigenvalue weighted by molar-refractivity contribution is 5.71. The minimum Gasteiger partial charge on any atom is -0.462 e. The van der Waals surface area contributed by atoms with Crippen molar-refractivity contribution >= 4 is 17.9 Å². The molecule has 0 aromatic carbocycles. The number of rotatable bonds is 50. The highest BCUT2D eigenvalue weighted by Gasteiger charge is 2.19. The molecule has 0 N–H and O–H groups in total. The Morgan fingerprint density at radius 2 is 0.569 bits per heavy atom. The predicted octanol–water partition coefficient (Wildman–Crippen LogP) is 18.4. The van der Waals surface area contributed by atoms with E-state index in [2.05, 4.69) is 81.5 Å². The monoisotopic (exact) mass is 909 g/mol. The van der Waals surface area contributed by atoms with Crippen molar-refractivity contribution in [2.45, 2.75) is 284 Å². The Kier molecular flexibility index (Phi) is 51.3. The third-order valence-electron chi connectivity index (χ3n) is 12.0. The fourth-order valence-electron chi connectivity index (χ4n) is 7.78. The van der Waals surface area contributed by atoms with Crippen LogP contribution in [0.1, 0.15) is 278 Å². The molecule has 0 unspecified atom stereocenters. The first kappa shape index (κ1) is 62.1. The van der Waals surface area contributed by atoms with E-state index in [0.29, 0.717) is 19.3 Å². The molecule has 0 fully saturated rings. The quantitative estimate of drug-likeness (QED) is 0.0262. The van der Waals surface area contributed by atoms with Crippen LogP contribution in [0.5, 0.6) is 0 Å². The van der Waals surface area contributed by atoms with Gasteiger partial charge in [0.25, 0.3) is 0 Å². The first-order valence-electron chi connectivity index (χ1n) is 27.8. The lowest BCUT2D eigenvalue weighted by atomic mass is 10.0. The van der Waals surface area contributed by atoms with Crippen LogP contribution in [-0.4, -0.2) is 37.2 Å². The van der Waals surface area contributed by atoms with Crippen LogP contribution in [0, 0.1) is 0 Å². The summed E-state index contributed by atoms with van der Waals surface area (Å²) in [5.41, 5.74) is 0. The molecule has 0 radical (unpaired) electrons. The Labute approximate surface area is 402 Å². The summed E-state index contributed by atoms with van der Waals surface area (Å²) < 4.78 is 16.8.